The molecule has 0 saturated heterocycles. The molecule has 0 unspecified atom stereocenters. The number of benzene rings is 2. The van der Waals surface area contributed by atoms with E-state index in [1.165, 1.54) is 10.7 Å². The zero-order valence-corrected chi connectivity index (χ0v) is 20.8. The summed E-state index contributed by atoms with van der Waals surface area (Å²) in [7, 11) is -1.89. The number of hydrogen-bond donors (Lipinski definition) is 1. The largest absolute Gasteiger partial charge is 0.322 e. The Hall–Kier alpha value is -2.97. The molecule has 1 aliphatic carbocycles. The fourth-order valence-corrected chi connectivity index (χ4v) is 5.91. The lowest BCUT2D eigenvalue weighted by molar-refractivity contribution is 0.102. The predicted octanol–water partition coefficient (Wildman–Crippen LogP) is 4.75. The van der Waals surface area contributed by atoms with Crippen molar-refractivity contribution in [3.63, 3.8) is 0 Å². The summed E-state index contributed by atoms with van der Waals surface area (Å²) in [5.74, 6) is -0.243. The molecule has 7 nitrogen and oxygen atoms in total. The van der Waals surface area contributed by atoms with Crippen molar-refractivity contribution in [3.8, 4) is 0 Å². The molecule has 0 atom stereocenters. The highest BCUT2D eigenvalue weighted by Crippen LogP contribution is 2.27. The smallest absolute Gasteiger partial charge is 0.255 e. The number of sulfonamides is 1. The molecule has 1 N–H and O–H groups in total. The average molecular weight is 481 g/mol. The quantitative estimate of drug-likeness (QED) is 0.529. The second kappa shape index (κ2) is 10.1. The molecule has 4 rings (SSSR count). The summed E-state index contributed by atoms with van der Waals surface area (Å²) in [6, 6.07) is 15.9. The zero-order valence-electron chi connectivity index (χ0n) is 20.0. The number of carbonyl (C=O) groups is 1. The van der Waals surface area contributed by atoms with Crippen LogP contribution in [0.1, 0.15) is 59.4 Å². The minimum Gasteiger partial charge on any atom is -0.322 e. The van der Waals surface area contributed by atoms with Gasteiger partial charge in [-0.1, -0.05) is 31.4 Å². The molecule has 0 spiro atoms. The SMILES string of the molecule is Cc1cc(C)n(Cc2ccc(C(=O)Nc3ccc(S(=O)(=O)N(C)C4CCCCC4)cc3)cc2)n1. The molecule has 8 heteroatoms. The van der Waals surface area contributed by atoms with Crippen molar-refractivity contribution in [3.05, 3.63) is 77.1 Å². The van der Waals surface area contributed by atoms with Gasteiger partial charge < -0.3 is 5.32 Å². The number of nitrogens with one attached hydrogen (secondary N) is 1. The van der Waals surface area contributed by atoms with E-state index in [1.807, 2.05) is 36.7 Å². The Bertz CT molecular complexity index is 1240. The maximum atomic E-state index is 13.0. The van der Waals surface area contributed by atoms with Crippen LogP contribution >= 0.6 is 0 Å². The lowest BCUT2D eigenvalue weighted by Gasteiger charge is -2.30. The van der Waals surface area contributed by atoms with Crippen LogP contribution in [-0.2, 0) is 16.6 Å². The van der Waals surface area contributed by atoms with Gasteiger partial charge in [-0.05, 0) is 74.7 Å². The van der Waals surface area contributed by atoms with Crippen LogP contribution in [0.25, 0.3) is 0 Å². The summed E-state index contributed by atoms with van der Waals surface area (Å²) in [6.45, 7) is 4.63. The lowest BCUT2D eigenvalue weighted by atomic mass is 9.96. The molecule has 3 aromatic rings. The number of anilines is 1. The van der Waals surface area contributed by atoms with Crippen LogP contribution in [-0.4, -0.2) is 41.5 Å². The summed E-state index contributed by atoms with van der Waals surface area (Å²) < 4.78 is 29.5. The highest BCUT2D eigenvalue weighted by atomic mass is 32.2. The van der Waals surface area contributed by atoms with Crippen molar-refractivity contribution in [1.29, 1.82) is 0 Å². The Labute approximate surface area is 201 Å². The van der Waals surface area contributed by atoms with E-state index < -0.39 is 10.0 Å². The average Bonchev–Trinajstić information content (AvgIpc) is 3.16. The summed E-state index contributed by atoms with van der Waals surface area (Å²) >= 11 is 0. The number of carbonyl (C=O) groups excluding carboxylic acids is 1. The van der Waals surface area contributed by atoms with Crippen LogP contribution in [0.4, 0.5) is 5.69 Å². The zero-order chi connectivity index (χ0) is 24.3. The molecule has 0 aliphatic heterocycles. The van der Waals surface area contributed by atoms with Gasteiger partial charge in [0, 0.05) is 30.0 Å². The first kappa shape index (κ1) is 24.2. The van der Waals surface area contributed by atoms with Gasteiger partial charge in [0.25, 0.3) is 5.91 Å². The van der Waals surface area contributed by atoms with Gasteiger partial charge in [-0.25, -0.2) is 8.42 Å². The van der Waals surface area contributed by atoms with E-state index in [4.69, 9.17) is 0 Å². The first-order chi connectivity index (χ1) is 16.2. The van der Waals surface area contributed by atoms with E-state index in [1.54, 1.807) is 43.4 Å². The minimum atomic E-state index is -3.55. The number of aryl methyl sites for hydroxylation is 2. The van der Waals surface area contributed by atoms with Crippen molar-refractivity contribution in [2.45, 2.75) is 63.4 Å². The molecule has 34 heavy (non-hydrogen) atoms. The fraction of sp³-hybridized carbons (Fsp3) is 0.385. The van der Waals surface area contributed by atoms with Gasteiger partial charge >= 0.3 is 0 Å². The van der Waals surface area contributed by atoms with Crippen molar-refractivity contribution >= 4 is 21.6 Å². The Morgan fingerprint density at radius 3 is 2.26 bits per heavy atom. The van der Waals surface area contributed by atoms with Gasteiger partial charge in [0.2, 0.25) is 10.0 Å². The predicted molar refractivity (Wildman–Crippen MR) is 133 cm³/mol. The van der Waals surface area contributed by atoms with E-state index >= 15 is 0 Å². The molecule has 2 aromatic carbocycles. The van der Waals surface area contributed by atoms with E-state index in [9.17, 15) is 13.2 Å². The van der Waals surface area contributed by atoms with Crippen LogP contribution in [0, 0.1) is 13.8 Å². The number of rotatable bonds is 7. The number of aromatic nitrogens is 2. The molecule has 0 bridgehead atoms. The highest BCUT2D eigenvalue weighted by Gasteiger charge is 2.28. The molecular weight excluding hydrogens is 448 g/mol. The van der Waals surface area contributed by atoms with Gasteiger partial charge in [0.15, 0.2) is 0 Å². The molecule has 1 saturated carbocycles. The van der Waals surface area contributed by atoms with Crippen LogP contribution < -0.4 is 5.32 Å². The molecule has 1 fully saturated rings. The summed E-state index contributed by atoms with van der Waals surface area (Å²) in [5, 5.41) is 7.32. The minimum absolute atomic E-state index is 0.0577. The number of nitrogens with zero attached hydrogens (tertiary/aromatic N) is 3. The first-order valence-electron chi connectivity index (χ1n) is 11.7. The summed E-state index contributed by atoms with van der Waals surface area (Å²) in [5.41, 5.74) is 4.21. The fourth-order valence-electron chi connectivity index (χ4n) is 4.49. The number of amides is 1. The highest BCUT2D eigenvalue weighted by molar-refractivity contribution is 7.89. The van der Waals surface area contributed by atoms with Crippen LogP contribution in [0.3, 0.4) is 0 Å². The Morgan fingerprint density at radius 1 is 1.03 bits per heavy atom. The van der Waals surface area contributed by atoms with Crippen molar-refractivity contribution < 1.29 is 13.2 Å². The summed E-state index contributed by atoms with van der Waals surface area (Å²) in [4.78, 5) is 12.9. The van der Waals surface area contributed by atoms with Gasteiger partial charge in [-0.3, -0.25) is 9.48 Å². The van der Waals surface area contributed by atoms with E-state index in [2.05, 4.69) is 10.4 Å². The monoisotopic (exact) mass is 480 g/mol. The molecule has 180 valence electrons. The standard InChI is InChI=1S/C26H32N4O3S/c1-19-17-20(2)30(28-19)18-21-9-11-22(12-10-21)26(31)27-23-13-15-25(16-14-23)34(32,33)29(3)24-7-5-4-6-8-24/h9-17,24H,4-8,18H2,1-3H3,(H,27,31). The Kier molecular flexibility index (Phi) is 7.19. The van der Waals surface area contributed by atoms with Crippen molar-refractivity contribution in [2.75, 3.05) is 12.4 Å². The van der Waals surface area contributed by atoms with Gasteiger partial charge in [-0.2, -0.15) is 9.40 Å². The van der Waals surface area contributed by atoms with Gasteiger partial charge in [-0.15, -0.1) is 0 Å². The third-order valence-corrected chi connectivity index (χ3v) is 8.45. The third-order valence-electron chi connectivity index (χ3n) is 6.53. The maximum Gasteiger partial charge on any atom is 0.255 e. The van der Waals surface area contributed by atoms with E-state index in [0.717, 1.165) is 42.6 Å². The van der Waals surface area contributed by atoms with E-state index in [0.29, 0.717) is 17.8 Å². The maximum absolute atomic E-state index is 13.0. The third kappa shape index (κ3) is 5.39. The number of hydrogen-bond acceptors (Lipinski definition) is 4. The van der Waals surface area contributed by atoms with E-state index in [-0.39, 0.29) is 16.8 Å². The second-order valence-electron chi connectivity index (χ2n) is 9.07. The molecule has 1 amide bonds. The molecule has 0 radical (unpaired) electrons. The van der Waals surface area contributed by atoms with Gasteiger partial charge in [0.05, 0.1) is 17.1 Å². The second-order valence-corrected chi connectivity index (χ2v) is 11.1. The first-order valence-corrected chi connectivity index (χ1v) is 13.2. The Morgan fingerprint density at radius 2 is 1.68 bits per heavy atom. The van der Waals surface area contributed by atoms with Crippen LogP contribution in [0.5, 0.6) is 0 Å². The van der Waals surface area contributed by atoms with Crippen molar-refractivity contribution in [1.82, 2.24) is 14.1 Å². The molecule has 1 aliphatic rings. The van der Waals surface area contributed by atoms with Crippen molar-refractivity contribution in [2.24, 2.45) is 0 Å². The van der Waals surface area contributed by atoms with Crippen LogP contribution in [0.15, 0.2) is 59.5 Å². The molecule has 1 heterocycles. The normalized spacial score (nSPS) is 14.9. The van der Waals surface area contributed by atoms with Crippen LogP contribution in [0.2, 0.25) is 0 Å². The lowest BCUT2D eigenvalue weighted by Crippen LogP contribution is -2.38. The Balaban J connectivity index is 1.39. The summed E-state index contributed by atoms with van der Waals surface area (Å²) in [6.07, 6.45) is 5.12. The molecule has 1 aromatic heterocycles. The van der Waals surface area contributed by atoms with Gasteiger partial charge in [0.1, 0.15) is 0 Å². The molecular formula is C26H32N4O3S. The topological polar surface area (TPSA) is 84.3 Å².